The van der Waals surface area contributed by atoms with Crippen molar-refractivity contribution in [1.29, 1.82) is 0 Å². The minimum absolute atomic E-state index is 0.150. The van der Waals surface area contributed by atoms with Crippen molar-refractivity contribution >= 4 is 15.7 Å². The van der Waals surface area contributed by atoms with E-state index in [1.165, 1.54) is 4.72 Å². The molecule has 112 valence electrons. The zero-order valence-corrected chi connectivity index (χ0v) is 10.7. The van der Waals surface area contributed by atoms with Gasteiger partial charge in [-0.2, -0.15) is 13.8 Å². The third kappa shape index (κ3) is 3.10. The normalized spacial score (nSPS) is 11.5. The van der Waals surface area contributed by atoms with Crippen LogP contribution in [-0.4, -0.2) is 13.4 Å². The number of nitrogens with zero attached hydrogens (tertiary/aromatic N) is 1. The smallest absolute Gasteiger partial charge is 0.267 e. The molecule has 4 nitrogen and oxygen atoms in total. The molecule has 0 saturated carbocycles. The van der Waals surface area contributed by atoms with Crippen LogP contribution in [0.3, 0.4) is 0 Å². The molecule has 0 atom stereocenters. The van der Waals surface area contributed by atoms with Crippen LogP contribution in [0.25, 0.3) is 0 Å². The lowest BCUT2D eigenvalue weighted by Crippen LogP contribution is -2.18. The van der Waals surface area contributed by atoms with E-state index in [0.717, 1.165) is 0 Å². The first-order valence-corrected chi connectivity index (χ1v) is 6.68. The highest BCUT2D eigenvalue weighted by molar-refractivity contribution is 7.92. The fourth-order valence-electron chi connectivity index (χ4n) is 1.47. The molecular formula is C11H5F5N2O2S. The van der Waals surface area contributed by atoms with Crippen molar-refractivity contribution in [1.82, 2.24) is 4.98 Å². The molecule has 10 heteroatoms. The van der Waals surface area contributed by atoms with Gasteiger partial charge in [-0.3, -0.25) is 4.72 Å². The molecule has 2 aromatic rings. The lowest BCUT2D eigenvalue weighted by molar-refractivity contribution is 0.497. The molecule has 0 aliphatic heterocycles. The Kier molecular flexibility index (Phi) is 3.81. The predicted molar refractivity (Wildman–Crippen MR) is 61.3 cm³/mol. The first-order chi connectivity index (χ1) is 9.70. The van der Waals surface area contributed by atoms with E-state index >= 15 is 0 Å². The van der Waals surface area contributed by atoms with Crippen molar-refractivity contribution in [3.8, 4) is 0 Å². The molecular weight excluding hydrogens is 319 g/mol. The van der Waals surface area contributed by atoms with E-state index in [9.17, 15) is 30.4 Å². The molecule has 0 bridgehead atoms. The average Bonchev–Trinajstić information content (AvgIpc) is 2.30. The van der Waals surface area contributed by atoms with E-state index in [0.29, 0.717) is 12.1 Å². The van der Waals surface area contributed by atoms with Crippen LogP contribution in [0.1, 0.15) is 0 Å². The third-order valence-corrected chi connectivity index (χ3v) is 3.71. The molecule has 0 aliphatic rings. The summed E-state index contributed by atoms with van der Waals surface area (Å²) >= 11 is 0. The van der Waals surface area contributed by atoms with Crippen LogP contribution in [0.4, 0.5) is 27.6 Å². The number of hydrogen-bond acceptors (Lipinski definition) is 3. The largest absolute Gasteiger partial charge is 0.275 e. The number of rotatable bonds is 3. The maximum atomic E-state index is 13.4. The molecule has 0 aliphatic carbocycles. The van der Waals surface area contributed by atoms with Gasteiger partial charge in [0.2, 0.25) is 11.9 Å². The van der Waals surface area contributed by atoms with E-state index < -0.39 is 50.0 Å². The SMILES string of the molecule is O=S(=O)(Nc1ccc(F)nc1F)c1c(F)cc(F)cc1F. The highest BCUT2D eigenvalue weighted by Crippen LogP contribution is 2.23. The Morgan fingerprint density at radius 1 is 0.952 bits per heavy atom. The first-order valence-electron chi connectivity index (χ1n) is 5.20. The van der Waals surface area contributed by atoms with Gasteiger partial charge >= 0.3 is 0 Å². The lowest BCUT2D eigenvalue weighted by atomic mass is 10.3. The van der Waals surface area contributed by atoms with Gasteiger partial charge in [-0.15, -0.1) is 0 Å². The summed E-state index contributed by atoms with van der Waals surface area (Å²) in [5.74, 6) is -7.46. The summed E-state index contributed by atoms with van der Waals surface area (Å²) in [6, 6.07) is 1.61. The molecule has 0 radical (unpaired) electrons. The number of nitrogens with one attached hydrogen (secondary N) is 1. The average molecular weight is 324 g/mol. The van der Waals surface area contributed by atoms with Gasteiger partial charge in [0.25, 0.3) is 10.0 Å². The first kappa shape index (κ1) is 15.2. The minimum atomic E-state index is -4.90. The van der Waals surface area contributed by atoms with Crippen LogP contribution >= 0.6 is 0 Å². The quantitative estimate of drug-likeness (QED) is 0.697. The summed E-state index contributed by atoms with van der Waals surface area (Å²) in [5.41, 5.74) is -0.820. The Bertz CT molecular complexity index is 787. The summed E-state index contributed by atoms with van der Waals surface area (Å²) in [4.78, 5) is 1.21. The number of halogens is 5. The zero-order chi connectivity index (χ0) is 15.8. The summed E-state index contributed by atoms with van der Waals surface area (Å²) in [5, 5.41) is 0. The molecule has 0 unspecified atom stereocenters. The van der Waals surface area contributed by atoms with Gasteiger partial charge in [-0.05, 0) is 12.1 Å². The number of pyridine rings is 1. The Morgan fingerprint density at radius 2 is 1.52 bits per heavy atom. The summed E-state index contributed by atoms with van der Waals surface area (Å²) in [6.45, 7) is 0. The minimum Gasteiger partial charge on any atom is -0.275 e. The molecule has 0 saturated heterocycles. The van der Waals surface area contributed by atoms with Gasteiger partial charge in [-0.1, -0.05) is 0 Å². The fourth-order valence-corrected chi connectivity index (χ4v) is 2.64. The number of benzene rings is 1. The molecule has 1 aromatic heterocycles. The van der Waals surface area contributed by atoms with Gasteiger partial charge in [0.15, 0.2) is 4.90 Å². The number of hydrogen-bond donors (Lipinski definition) is 1. The van der Waals surface area contributed by atoms with Crippen molar-refractivity contribution in [2.75, 3.05) is 4.72 Å². The second kappa shape index (κ2) is 5.28. The molecule has 0 spiro atoms. The lowest BCUT2D eigenvalue weighted by Gasteiger charge is -2.10. The zero-order valence-electron chi connectivity index (χ0n) is 9.87. The van der Waals surface area contributed by atoms with Crippen molar-refractivity contribution in [2.45, 2.75) is 4.90 Å². The Labute approximate surface area is 115 Å². The maximum absolute atomic E-state index is 13.4. The van der Waals surface area contributed by atoms with E-state index in [4.69, 9.17) is 0 Å². The molecule has 1 N–H and O–H groups in total. The summed E-state index contributed by atoms with van der Waals surface area (Å²) in [6.07, 6.45) is 0. The third-order valence-electron chi connectivity index (χ3n) is 2.29. The highest BCUT2D eigenvalue weighted by Gasteiger charge is 2.26. The fraction of sp³-hybridized carbons (Fsp3) is 0. The summed E-state index contributed by atoms with van der Waals surface area (Å²) in [7, 11) is -4.90. The van der Waals surface area contributed by atoms with Gasteiger partial charge in [-0.25, -0.2) is 21.6 Å². The second-order valence-corrected chi connectivity index (χ2v) is 5.40. The Hall–Kier alpha value is -2.23. The van der Waals surface area contributed by atoms with Gasteiger partial charge in [0, 0.05) is 12.1 Å². The molecule has 1 heterocycles. The predicted octanol–water partition coefficient (Wildman–Crippen LogP) is 2.58. The topological polar surface area (TPSA) is 59.1 Å². The Balaban J connectivity index is 2.48. The van der Waals surface area contributed by atoms with Crippen LogP contribution in [0.15, 0.2) is 29.2 Å². The van der Waals surface area contributed by atoms with E-state index in [2.05, 4.69) is 4.98 Å². The standard InChI is InChI=1S/C11H5F5N2O2S/c12-5-3-6(13)10(7(14)4-5)21(19,20)18-8-1-2-9(15)17-11(8)16/h1-4,18H. The van der Waals surface area contributed by atoms with E-state index in [-0.39, 0.29) is 12.1 Å². The highest BCUT2D eigenvalue weighted by atomic mass is 32.2. The van der Waals surface area contributed by atoms with Gasteiger partial charge < -0.3 is 0 Å². The number of aromatic nitrogens is 1. The van der Waals surface area contributed by atoms with Crippen molar-refractivity contribution in [3.63, 3.8) is 0 Å². The summed E-state index contributed by atoms with van der Waals surface area (Å²) < 4.78 is 90.4. The van der Waals surface area contributed by atoms with Crippen molar-refractivity contribution in [3.05, 3.63) is 53.6 Å². The monoisotopic (exact) mass is 324 g/mol. The Morgan fingerprint density at radius 3 is 2.05 bits per heavy atom. The van der Waals surface area contributed by atoms with E-state index in [1.807, 2.05) is 0 Å². The molecule has 0 amide bonds. The van der Waals surface area contributed by atoms with Crippen molar-refractivity contribution < 1.29 is 30.4 Å². The number of anilines is 1. The van der Waals surface area contributed by atoms with Crippen molar-refractivity contribution in [2.24, 2.45) is 0 Å². The van der Waals surface area contributed by atoms with E-state index in [1.54, 1.807) is 0 Å². The molecule has 21 heavy (non-hydrogen) atoms. The van der Waals surface area contributed by atoms with Gasteiger partial charge in [0.1, 0.15) is 23.1 Å². The second-order valence-electron chi connectivity index (χ2n) is 3.78. The van der Waals surface area contributed by atoms with Crippen LogP contribution in [-0.2, 0) is 10.0 Å². The number of sulfonamides is 1. The molecule has 2 rings (SSSR count). The van der Waals surface area contributed by atoms with Crippen LogP contribution in [0.2, 0.25) is 0 Å². The molecule has 0 fully saturated rings. The van der Waals surface area contributed by atoms with Crippen LogP contribution in [0, 0.1) is 29.3 Å². The van der Waals surface area contributed by atoms with Crippen LogP contribution < -0.4 is 4.72 Å². The maximum Gasteiger partial charge on any atom is 0.267 e. The molecule has 1 aromatic carbocycles. The van der Waals surface area contributed by atoms with Crippen LogP contribution in [0.5, 0.6) is 0 Å². The van der Waals surface area contributed by atoms with Gasteiger partial charge in [0.05, 0.1) is 0 Å².